The molecular weight excluding hydrogens is 390 g/mol. The third-order valence-corrected chi connectivity index (χ3v) is 5.52. The summed E-state index contributed by atoms with van der Waals surface area (Å²) >= 11 is 0. The molecule has 158 valence electrons. The van der Waals surface area contributed by atoms with Gasteiger partial charge in [-0.15, -0.1) is 5.10 Å². The maximum Gasteiger partial charge on any atom is 0.279 e. The molecular formula is C24H25N5O2. The molecule has 0 spiro atoms. The normalized spacial score (nSPS) is 11.1. The number of nitrogens with zero attached hydrogens (tertiary/aromatic N) is 4. The largest absolute Gasteiger partial charge is 0.352 e. The molecule has 0 radical (unpaired) electrons. The van der Waals surface area contributed by atoms with E-state index in [0.29, 0.717) is 30.1 Å². The molecule has 7 nitrogen and oxygen atoms in total. The number of hydrogen-bond donors (Lipinski definition) is 1. The average Bonchev–Trinajstić information content (AvgIpc) is 3.24. The van der Waals surface area contributed by atoms with E-state index in [2.05, 4.69) is 15.4 Å². The van der Waals surface area contributed by atoms with E-state index in [1.165, 1.54) is 10.1 Å². The van der Waals surface area contributed by atoms with Crippen LogP contribution in [-0.2, 0) is 24.8 Å². The van der Waals surface area contributed by atoms with Gasteiger partial charge >= 0.3 is 0 Å². The zero-order valence-corrected chi connectivity index (χ0v) is 17.9. The van der Waals surface area contributed by atoms with Gasteiger partial charge in [-0.3, -0.25) is 9.59 Å². The quantitative estimate of drug-likeness (QED) is 0.525. The van der Waals surface area contributed by atoms with Gasteiger partial charge in [-0.1, -0.05) is 60.2 Å². The molecule has 1 N–H and O–H groups in total. The Morgan fingerprint density at radius 3 is 2.45 bits per heavy atom. The molecule has 2 aromatic heterocycles. The van der Waals surface area contributed by atoms with E-state index >= 15 is 0 Å². The molecule has 2 heterocycles. The van der Waals surface area contributed by atoms with Gasteiger partial charge in [-0.25, -0.2) is 0 Å². The molecule has 0 saturated heterocycles. The molecule has 0 bridgehead atoms. The van der Waals surface area contributed by atoms with Gasteiger partial charge < -0.3 is 9.88 Å². The van der Waals surface area contributed by atoms with Crippen LogP contribution in [0.15, 0.2) is 59.4 Å². The summed E-state index contributed by atoms with van der Waals surface area (Å²) in [5.41, 5.74) is 4.21. The number of benzene rings is 2. The number of fused-ring (bicyclic) bond motifs is 1. The van der Waals surface area contributed by atoms with Gasteiger partial charge in [0, 0.05) is 36.8 Å². The van der Waals surface area contributed by atoms with Crippen LogP contribution in [0.3, 0.4) is 0 Å². The van der Waals surface area contributed by atoms with Crippen molar-refractivity contribution >= 4 is 11.7 Å². The van der Waals surface area contributed by atoms with Crippen LogP contribution < -0.4 is 10.9 Å². The van der Waals surface area contributed by atoms with Crippen LogP contribution in [0.4, 0.5) is 0 Å². The van der Waals surface area contributed by atoms with Gasteiger partial charge in [-0.2, -0.15) is 9.50 Å². The lowest BCUT2D eigenvalue weighted by atomic mass is 10.1. The Morgan fingerprint density at radius 1 is 1.03 bits per heavy atom. The van der Waals surface area contributed by atoms with Gasteiger partial charge in [0.05, 0.1) is 0 Å². The molecule has 0 fully saturated rings. The van der Waals surface area contributed by atoms with Crippen LogP contribution in [0.1, 0.15) is 28.8 Å². The predicted octanol–water partition coefficient (Wildman–Crippen LogP) is 2.96. The van der Waals surface area contributed by atoms with Gasteiger partial charge in [-0.05, 0) is 25.8 Å². The smallest absolute Gasteiger partial charge is 0.279 e. The summed E-state index contributed by atoms with van der Waals surface area (Å²) in [6.07, 6.45) is 0.572. The van der Waals surface area contributed by atoms with Gasteiger partial charge in [0.2, 0.25) is 11.7 Å². The minimum atomic E-state index is -0.230. The number of carbonyl (C=O) groups is 1. The van der Waals surface area contributed by atoms with E-state index in [1.54, 1.807) is 0 Å². The first-order valence-corrected chi connectivity index (χ1v) is 10.3. The predicted molar refractivity (Wildman–Crippen MR) is 120 cm³/mol. The first-order chi connectivity index (χ1) is 14.9. The summed E-state index contributed by atoms with van der Waals surface area (Å²) in [6.45, 7) is 4.37. The molecule has 0 unspecified atom stereocenters. The lowest BCUT2D eigenvalue weighted by molar-refractivity contribution is -0.121. The van der Waals surface area contributed by atoms with Crippen molar-refractivity contribution in [2.45, 2.75) is 33.2 Å². The second-order valence-electron chi connectivity index (χ2n) is 7.70. The van der Waals surface area contributed by atoms with Crippen molar-refractivity contribution in [3.05, 3.63) is 87.3 Å². The number of rotatable bonds is 6. The van der Waals surface area contributed by atoms with E-state index in [9.17, 15) is 9.59 Å². The second kappa shape index (κ2) is 8.55. The minimum Gasteiger partial charge on any atom is -0.352 e. The Balaban J connectivity index is 1.52. The van der Waals surface area contributed by atoms with Crippen LogP contribution in [-0.4, -0.2) is 25.1 Å². The Morgan fingerprint density at radius 2 is 1.74 bits per heavy atom. The summed E-state index contributed by atoms with van der Waals surface area (Å²) in [5, 5.41) is 7.35. The average molecular weight is 415 g/mol. The fourth-order valence-electron chi connectivity index (χ4n) is 3.52. The zero-order valence-electron chi connectivity index (χ0n) is 17.9. The van der Waals surface area contributed by atoms with Crippen LogP contribution in [0.2, 0.25) is 0 Å². The number of nitrogens with one attached hydrogen (secondary N) is 1. The van der Waals surface area contributed by atoms with Crippen molar-refractivity contribution < 1.29 is 4.79 Å². The molecule has 31 heavy (non-hydrogen) atoms. The maximum absolute atomic E-state index is 13.1. The first-order valence-electron chi connectivity index (χ1n) is 10.3. The molecule has 1 amide bonds. The third-order valence-electron chi connectivity index (χ3n) is 5.52. The first kappa shape index (κ1) is 20.5. The Hall–Kier alpha value is -3.74. The standard InChI is InChI=1S/C24H25N5O2/c1-16-9-11-18(12-10-16)15-25-21(30)14-13-20-17(2)28(3)24-26-22(27-29(24)23(20)31)19-7-5-4-6-8-19/h4-12H,13-15H2,1-3H3,(H,25,30). The lowest BCUT2D eigenvalue weighted by Gasteiger charge is -2.11. The molecule has 0 saturated carbocycles. The summed E-state index contributed by atoms with van der Waals surface area (Å²) < 4.78 is 3.18. The monoisotopic (exact) mass is 415 g/mol. The number of aromatic nitrogens is 4. The van der Waals surface area contributed by atoms with E-state index in [1.807, 2.05) is 80.1 Å². The van der Waals surface area contributed by atoms with E-state index in [-0.39, 0.29) is 17.9 Å². The second-order valence-corrected chi connectivity index (χ2v) is 7.70. The van der Waals surface area contributed by atoms with Crippen LogP contribution in [0, 0.1) is 13.8 Å². The summed E-state index contributed by atoms with van der Waals surface area (Å²) in [6, 6.07) is 17.6. The van der Waals surface area contributed by atoms with Crippen molar-refractivity contribution in [1.82, 2.24) is 24.5 Å². The fourth-order valence-corrected chi connectivity index (χ4v) is 3.52. The number of carbonyl (C=O) groups excluding carboxylic acids is 1. The Labute approximate surface area is 180 Å². The Kier molecular flexibility index (Phi) is 5.66. The zero-order chi connectivity index (χ0) is 22.0. The Bertz CT molecular complexity index is 1290. The highest BCUT2D eigenvalue weighted by Crippen LogP contribution is 2.16. The van der Waals surface area contributed by atoms with Crippen LogP contribution in [0.5, 0.6) is 0 Å². The van der Waals surface area contributed by atoms with Gasteiger partial charge in [0.25, 0.3) is 5.56 Å². The third kappa shape index (κ3) is 4.26. The van der Waals surface area contributed by atoms with Crippen LogP contribution >= 0.6 is 0 Å². The highest BCUT2D eigenvalue weighted by atomic mass is 16.1. The molecule has 4 rings (SSSR count). The van der Waals surface area contributed by atoms with Gasteiger partial charge in [0.1, 0.15) is 0 Å². The SMILES string of the molecule is Cc1ccc(CNC(=O)CCc2c(C)n(C)c3nc(-c4ccccc4)nn3c2=O)cc1. The molecule has 0 atom stereocenters. The number of hydrogen-bond acceptors (Lipinski definition) is 4. The maximum atomic E-state index is 13.1. The van der Waals surface area contributed by atoms with Crippen molar-refractivity contribution in [2.75, 3.05) is 0 Å². The van der Waals surface area contributed by atoms with E-state index in [4.69, 9.17) is 0 Å². The van der Waals surface area contributed by atoms with E-state index in [0.717, 1.165) is 16.8 Å². The lowest BCUT2D eigenvalue weighted by Crippen LogP contribution is -2.28. The van der Waals surface area contributed by atoms with Crippen molar-refractivity contribution in [1.29, 1.82) is 0 Å². The van der Waals surface area contributed by atoms with Crippen LogP contribution in [0.25, 0.3) is 17.2 Å². The fraction of sp³-hybridized carbons (Fsp3) is 0.250. The summed E-state index contributed by atoms with van der Waals surface area (Å²) in [4.78, 5) is 30.0. The topological polar surface area (TPSA) is 81.3 Å². The van der Waals surface area contributed by atoms with Crippen molar-refractivity contribution in [3.8, 4) is 11.4 Å². The summed E-state index contributed by atoms with van der Waals surface area (Å²) in [7, 11) is 1.86. The number of amides is 1. The summed E-state index contributed by atoms with van der Waals surface area (Å²) in [5.74, 6) is 0.889. The molecule has 4 aromatic rings. The molecule has 2 aromatic carbocycles. The molecule has 0 aliphatic carbocycles. The minimum absolute atomic E-state index is 0.0920. The van der Waals surface area contributed by atoms with E-state index < -0.39 is 0 Å². The highest BCUT2D eigenvalue weighted by Gasteiger charge is 2.17. The highest BCUT2D eigenvalue weighted by molar-refractivity contribution is 5.76. The number of aryl methyl sites for hydroxylation is 2. The molecule has 7 heteroatoms. The van der Waals surface area contributed by atoms with Crippen molar-refractivity contribution in [3.63, 3.8) is 0 Å². The molecule has 0 aliphatic heterocycles. The molecule has 0 aliphatic rings. The van der Waals surface area contributed by atoms with Gasteiger partial charge in [0.15, 0.2) is 5.82 Å². The van der Waals surface area contributed by atoms with Crippen molar-refractivity contribution in [2.24, 2.45) is 7.05 Å².